The average Bonchev–Trinajstić information content (AvgIpc) is 3.28. The number of fused-ring (bicyclic) bond motifs is 2. The van der Waals surface area contributed by atoms with Crippen molar-refractivity contribution in [3.05, 3.63) is 42.4 Å². The third-order valence-electron chi connectivity index (χ3n) is 7.76. The minimum Gasteiger partial charge on any atom is -0.383 e. The van der Waals surface area contributed by atoms with Crippen LogP contribution in [0.15, 0.2) is 36.8 Å². The van der Waals surface area contributed by atoms with E-state index in [0.29, 0.717) is 35.6 Å². The minimum absolute atomic E-state index is 0.0824. The molecule has 8 heteroatoms. The van der Waals surface area contributed by atoms with Gasteiger partial charge in [-0.05, 0) is 60.7 Å². The zero-order valence-corrected chi connectivity index (χ0v) is 18.9. The number of hydrogen-bond acceptors (Lipinski definition) is 7. The molecule has 2 aliphatic carbocycles. The summed E-state index contributed by atoms with van der Waals surface area (Å²) in [4.78, 5) is 28.6. The van der Waals surface area contributed by atoms with Crippen LogP contribution in [-0.4, -0.2) is 58.1 Å². The molecule has 2 saturated carbocycles. The number of anilines is 2. The third-order valence-corrected chi connectivity index (χ3v) is 7.76. The lowest BCUT2D eigenvalue weighted by Crippen LogP contribution is -2.55. The second kappa shape index (κ2) is 7.74. The Bertz CT molecular complexity index is 1230. The fourth-order valence-corrected chi connectivity index (χ4v) is 5.74. The predicted octanol–water partition coefficient (Wildman–Crippen LogP) is 2.88. The predicted molar refractivity (Wildman–Crippen MR) is 126 cm³/mol. The molecule has 1 amide bonds. The van der Waals surface area contributed by atoms with E-state index in [4.69, 9.17) is 10.5 Å². The van der Waals surface area contributed by atoms with Crippen LogP contribution in [0.3, 0.4) is 0 Å². The second-order valence-electron chi connectivity index (χ2n) is 9.65. The first kappa shape index (κ1) is 20.5. The molecule has 170 valence electrons. The molecule has 0 bridgehead atoms. The number of carbonyl (C=O) groups excluding carboxylic acids is 1. The van der Waals surface area contributed by atoms with E-state index in [1.807, 2.05) is 25.1 Å². The Balaban J connectivity index is 1.15. The maximum absolute atomic E-state index is 13.0. The Kier molecular flexibility index (Phi) is 4.81. The van der Waals surface area contributed by atoms with Crippen molar-refractivity contribution in [1.82, 2.24) is 19.9 Å². The van der Waals surface area contributed by atoms with E-state index in [2.05, 4.69) is 25.2 Å². The molecule has 3 aromatic rings. The van der Waals surface area contributed by atoms with Crippen LogP contribution >= 0.6 is 0 Å². The number of amides is 1. The summed E-state index contributed by atoms with van der Waals surface area (Å²) >= 11 is 0. The number of likely N-dealkylation sites (tertiary alicyclic amines) is 1. The summed E-state index contributed by atoms with van der Waals surface area (Å²) in [5, 5.41) is 4.71. The molecule has 6 rings (SSSR count). The molecule has 0 aromatic carbocycles. The molecule has 8 nitrogen and oxygen atoms in total. The molecule has 0 spiro atoms. The second-order valence-corrected chi connectivity index (χ2v) is 9.65. The lowest BCUT2D eigenvalue weighted by molar-refractivity contribution is -0.118. The summed E-state index contributed by atoms with van der Waals surface area (Å²) in [5.74, 6) is 2.15. The van der Waals surface area contributed by atoms with Gasteiger partial charge in [-0.3, -0.25) is 14.7 Å². The van der Waals surface area contributed by atoms with E-state index in [-0.39, 0.29) is 11.8 Å². The van der Waals surface area contributed by atoms with Crippen molar-refractivity contribution in [3.8, 4) is 11.3 Å². The van der Waals surface area contributed by atoms with Crippen LogP contribution in [0.25, 0.3) is 22.0 Å². The van der Waals surface area contributed by atoms with E-state index < -0.39 is 0 Å². The van der Waals surface area contributed by atoms with E-state index in [1.165, 1.54) is 0 Å². The third kappa shape index (κ3) is 3.54. The number of methoxy groups -OCH3 is 1. The Morgan fingerprint density at radius 1 is 1.21 bits per heavy atom. The van der Waals surface area contributed by atoms with Crippen molar-refractivity contribution in [2.45, 2.75) is 31.9 Å². The van der Waals surface area contributed by atoms with Crippen molar-refractivity contribution in [2.24, 2.45) is 17.8 Å². The molecule has 0 unspecified atom stereocenters. The van der Waals surface area contributed by atoms with Gasteiger partial charge in [0, 0.05) is 61.7 Å². The van der Waals surface area contributed by atoms with Crippen LogP contribution in [-0.2, 0) is 9.53 Å². The van der Waals surface area contributed by atoms with Gasteiger partial charge in [-0.1, -0.05) is 0 Å². The maximum atomic E-state index is 13.0. The summed E-state index contributed by atoms with van der Waals surface area (Å²) in [6.07, 6.45) is 7.85. The lowest BCUT2D eigenvalue weighted by atomic mass is 10.0. The van der Waals surface area contributed by atoms with Gasteiger partial charge in [0.1, 0.15) is 11.6 Å². The number of hydrogen-bond donors (Lipinski definition) is 2. The van der Waals surface area contributed by atoms with Crippen LogP contribution in [0.2, 0.25) is 0 Å². The van der Waals surface area contributed by atoms with Gasteiger partial charge >= 0.3 is 0 Å². The number of aromatic nitrogens is 3. The highest BCUT2D eigenvalue weighted by atomic mass is 16.5. The van der Waals surface area contributed by atoms with Gasteiger partial charge in [-0.2, -0.15) is 0 Å². The molecule has 4 heterocycles. The summed E-state index contributed by atoms with van der Waals surface area (Å²) in [5.41, 5.74) is 8.99. The molecule has 4 atom stereocenters. The van der Waals surface area contributed by atoms with Gasteiger partial charge in [-0.15, -0.1) is 0 Å². The number of nitrogens with one attached hydrogen (secondary N) is 1. The fraction of sp³-hybridized carbons (Fsp3) is 0.440. The quantitative estimate of drug-likeness (QED) is 0.623. The number of nitrogens with zero attached hydrogens (tertiary/aromatic N) is 4. The summed E-state index contributed by atoms with van der Waals surface area (Å²) in [6.45, 7) is 4.07. The first-order valence-electron chi connectivity index (χ1n) is 11.6. The zero-order valence-electron chi connectivity index (χ0n) is 18.9. The molecule has 3 N–H and O–H groups in total. The smallest absolute Gasteiger partial charge is 0.229 e. The van der Waals surface area contributed by atoms with Crippen LogP contribution < -0.4 is 11.1 Å². The Morgan fingerprint density at radius 2 is 2.00 bits per heavy atom. The molecule has 3 aliphatic rings. The first-order valence-corrected chi connectivity index (χ1v) is 11.6. The van der Waals surface area contributed by atoms with Crippen molar-refractivity contribution in [2.75, 3.05) is 31.2 Å². The summed E-state index contributed by atoms with van der Waals surface area (Å²) in [6, 6.07) is 6.42. The minimum atomic E-state index is 0.0824. The van der Waals surface area contributed by atoms with Gasteiger partial charge in [0.15, 0.2) is 0 Å². The number of nitrogens with two attached hydrogens (primary N) is 1. The molecule has 3 fully saturated rings. The molecular formula is C25H28N6O2. The first-order chi connectivity index (χ1) is 16.0. The van der Waals surface area contributed by atoms with E-state index >= 15 is 0 Å². The summed E-state index contributed by atoms with van der Waals surface area (Å²) < 4.78 is 5.39. The van der Waals surface area contributed by atoms with Crippen molar-refractivity contribution >= 4 is 28.3 Å². The topological polar surface area (TPSA) is 106 Å². The molecule has 1 aliphatic heterocycles. The van der Waals surface area contributed by atoms with Crippen molar-refractivity contribution in [1.29, 1.82) is 0 Å². The zero-order chi connectivity index (χ0) is 22.7. The van der Waals surface area contributed by atoms with E-state index in [1.54, 1.807) is 25.7 Å². The number of nitrogen functional groups attached to an aromatic ring is 1. The van der Waals surface area contributed by atoms with E-state index in [0.717, 1.165) is 53.5 Å². The highest BCUT2D eigenvalue weighted by molar-refractivity contribution is 5.98. The number of aryl methyl sites for hydroxylation is 1. The van der Waals surface area contributed by atoms with Gasteiger partial charge in [0.25, 0.3) is 0 Å². The largest absolute Gasteiger partial charge is 0.383 e. The normalized spacial score (nSPS) is 26.7. The van der Waals surface area contributed by atoms with Crippen LogP contribution in [0.4, 0.5) is 11.6 Å². The average molecular weight is 445 g/mol. The Hall–Kier alpha value is -3.10. The number of pyridine rings is 3. The molecule has 0 radical (unpaired) electrons. The fourth-order valence-electron chi connectivity index (χ4n) is 5.74. The van der Waals surface area contributed by atoms with Crippen LogP contribution in [0.5, 0.6) is 0 Å². The Labute approximate surface area is 192 Å². The monoisotopic (exact) mass is 444 g/mol. The van der Waals surface area contributed by atoms with Gasteiger partial charge < -0.3 is 15.8 Å². The highest BCUT2D eigenvalue weighted by Crippen LogP contribution is 2.59. The standard InChI is InChI=1S/C25H28N6O2/c1-13-3-4-27-9-19(13)21-5-14-6-22(28-10-20(14)24(26)29-21)30-25(32)23-17-7-15(8-18(17)23)31-11-16(12-31)33-2/h3-6,9-10,15-18,23H,7-8,11-12H2,1-2H3,(H2,26,29)(H,28,30,32)/t15-,17+,18-,23+. The molecule has 3 aromatic heterocycles. The molecule has 1 saturated heterocycles. The maximum Gasteiger partial charge on any atom is 0.229 e. The molecule has 33 heavy (non-hydrogen) atoms. The highest BCUT2D eigenvalue weighted by Gasteiger charge is 2.60. The van der Waals surface area contributed by atoms with Crippen LogP contribution in [0.1, 0.15) is 18.4 Å². The van der Waals surface area contributed by atoms with Crippen molar-refractivity contribution in [3.63, 3.8) is 0 Å². The van der Waals surface area contributed by atoms with Crippen LogP contribution in [0, 0.1) is 24.7 Å². The van der Waals surface area contributed by atoms with Crippen molar-refractivity contribution < 1.29 is 9.53 Å². The van der Waals surface area contributed by atoms with Gasteiger partial charge in [0.05, 0.1) is 11.8 Å². The molecular weight excluding hydrogens is 416 g/mol. The van der Waals surface area contributed by atoms with E-state index in [9.17, 15) is 4.79 Å². The van der Waals surface area contributed by atoms with Gasteiger partial charge in [-0.25, -0.2) is 9.97 Å². The number of carbonyl (C=O) groups is 1. The number of ether oxygens (including phenoxy) is 1. The SMILES string of the molecule is COC1CN([C@H]2C[C@@H]3[C@H](C2)[C@@H]3C(=O)Nc2cc3cc(-c4cnccc4C)nc(N)c3cn2)C1. The summed E-state index contributed by atoms with van der Waals surface area (Å²) in [7, 11) is 1.78. The number of rotatable bonds is 5. The van der Waals surface area contributed by atoms with Gasteiger partial charge in [0.2, 0.25) is 5.91 Å². The lowest BCUT2D eigenvalue weighted by Gasteiger charge is -2.43. The Morgan fingerprint density at radius 3 is 2.73 bits per heavy atom.